The van der Waals surface area contributed by atoms with E-state index in [0.29, 0.717) is 30.2 Å². The number of aliphatic hydroxyl groups is 2. The van der Waals surface area contributed by atoms with Gasteiger partial charge in [0.25, 0.3) is 0 Å². The minimum absolute atomic E-state index is 0.0101. The summed E-state index contributed by atoms with van der Waals surface area (Å²) in [6, 6.07) is 19.9. The summed E-state index contributed by atoms with van der Waals surface area (Å²) in [6.07, 6.45) is 10.8. The summed E-state index contributed by atoms with van der Waals surface area (Å²) >= 11 is 0. The van der Waals surface area contributed by atoms with Crippen molar-refractivity contribution in [3.8, 4) is 12.1 Å². The van der Waals surface area contributed by atoms with Gasteiger partial charge in [-0.3, -0.25) is 0 Å². The van der Waals surface area contributed by atoms with Crippen LogP contribution in [0.15, 0.2) is 95.5 Å². The molecule has 0 bridgehead atoms. The van der Waals surface area contributed by atoms with Gasteiger partial charge in [-0.15, -0.1) is 0 Å². The van der Waals surface area contributed by atoms with Gasteiger partial charge in [-0.2, -0.15) is 10.5 Å². The monoisotopic (exact) mass is 522 g/mol. The molecule has 39 heavy (non-hydrogen) atoms. The van der Waals surface area contributed by atoms with E-state index in [1.54, 1.807) is 12.2 Å². The second-order valence-corrected chi connectivity index (χ2v) is 8.71. The number of aliphatic hydroxyl groups excluding tert-OH is 2. The van der Waals surface area contributed by atoms with Gasteiger partial charge in [-0.05, 0) is 73.5 Å². The quantitative estimate of drug-likeness (QED) is 0.370. The molecule has 0 unspecified atom stereocenters. The highest BCUT2D eigenvalue weighted by Gasteiger charge is 2.12. The lowest BCUT2D eigenvalue weighted by molar-refractivity contribution is 0.302. The molecule has 2 aromatic rings. The first-order valence-electron chi connectivity index (χ1n) is 13.0. The third-order valence-electron chi connectivity index (χ3n) is 6.24. The first kappa shape index (κ1) is 29.0. The van der Waals surface area contributed by atoms with Crippen LogP contribution >= 0.6 is 0 Å². The van der Waals surface area contributed by atoms with Crippen molar-refractivity contribution in [2.45, 2.75) is 13.8 Å². The summed E-state index contributed by atoms with van der Waals surface area (Å²) in [6.45, 7) is 7.06. The lowest BCUT2D eigenvalue weighted by Gasteiger charge is -2.22. The van der Waals surface area contributed by atoms with Gasteiger partial charge in [0.15, 0.2) is 0 Å². The molecule has 0 spiro atoms. The molecule has 0 amide bonds. The molecule has 0 fully saturated rings. The smallest absolute Gasteiger partial charge is 0.137 e. The third kappa shape index (κ3) is 8.21. The molecule has 0 saturated heterocycles. The molecule has 7 heteroatoms. The minimum atomic E-state index is 0.0101. The van der Waals surface area contributed by atoms with Crippen LogP contribution < -0.4 is 9.80 Å². The summed E-state index contributed by atoms with van der Waals surface area (Å²) < 4.78 is 6.05. The number of rotatable bonds is 12. The van der Waals surface area contributed by atoms with E-state index in [0.717, 1.165) is 35.6 Å². The molecule has 2 N–H and O–H groups in total. The van der Waals surface area contributed by atoms with Crippen LogP contribution in [0.2, 0.25) is 0 Å². The Morgan fingerprint density at radius 1 is 0.718 bits per heavy atom. The SMILES string of the molecule is CCN(CCO)c1ccc(/C=C/C2=CC(=C(C#N)C#N)C=C(/C=C/c3ccc(N(CC)CCO)cc3)O2)cc1. The molecule has 0 atom stereocenters. The fraction of sp³-hybridized carbons (Fsp3) is 0.250. The summed E-state index contributed by atoms with van der Waals surface area (Å²) in [7, 11) is 0. The summed E-state index contributed by atoms with van der Waals surface area (Å²) in [5, 5.41) is 37.4. The highest BCUT2D eigenvalue weighted by Crippen LogP contribution is 2.25. The molecule has 3 rings (SSSR count). The third-order valence-corrected chi connectivity index (χ3v) is 6.24. The number of benzene rings is 2. The minimum Gasteiger partial charge on any atom is -0.457 e. The Kier molecular flexibility index (Phi) is 11.2. The lowest BCUT2D eigenvalue weighted by atomic mass is 10.1. The first-order valence-corrected chi connectivity index (χ1v) is 13.0. The molecule has 1 aliphatic heterocycles. The number of hydrogen-bond acceptors (Lipinski definition) is 7. The van der Waals surface area contributed by atoms with Crippen LogP contribution in [0.3, 0.4) is 0 Å². The highest BCUT2D eigenvalue weighted by atomic mass is 16.5. The topological polar surface area (TPSA) is 104 Å². The van der Waals surface area contributed by atoms with E-state index in [4.69, 9.17) is 4.74 Å². The predicted octanol–water partition coefficient (Wildman–Crippen LogP) is 5.19. The van der Waals surface area contributed by atoms with E-state index in [1.807, 2.05) is 98.8 Å². The van der Waals surface area contributed by atoms with Gasteiger partial charge in [0.1, 0.15) is 29.2 Å². The predicted molar refractivity (Wildman–Crippen MR) is 156 cm³/mol. The Morgan fingerprint density at radius 3 is 1.46 bits per heavy atom. The van der Waals surface area contributed by atoms with Crippen molar-refractivity contribution >= 4 is 23.5 Å². The molecule has 1 heterocycles. The normalized spacial score (nSPS) is 12.9. The van der Waals surface area contributed by atoms with Gasteiger partial charge in [0.05, 0.1) is 13.2 Å². The molecule has 0 radical (unpaired) electrons. The van der Waals surface area contributed by atoms with Gasteiger partial charge in [0.2, 0.25) is 0 Å². The van der Waals surface area contributed by atoms with Gasteiger partial charge in [0, 0.05) is 43.1 Å². The van der Waals surface area contributed by atoms with Crippen LogP contribution in [0.25, 0.3) is 12.2 Å². The Hall–Kier alpha value is -4.56. The van der Waals surface area contributed by atoms with Crippen LogP contribution in [0.5, 0.6) is 0 Å². The van der Waals surface area contributed by atoms with Crippen molar-refractivity contribution in [1.29, 1.82) is 10.5 Å². The lowest BCUT2D eigenvalue weighted by Crippen LogP contribution is -2.25. The maximum Gasteiger partial charge on any atom is 0.137 e. The van der Waals surface area contributed by atoms with E-state index in [1.165, 1.54) is 0 Å². The number of likely N-dealkylation sites (N-methyl/N-ethyl adjacent to an activating group) is 2. The van der Waals surface area contributed by atoms with Crippen molar-refractivity contribution in [2.24, 2.45) is 0 Å². The van der Waals surface area contributed by atoms with Gasteiger partial charge < -0.3 is 24.7 Å². The molecule has 7 nitrogen and oxygen atoms in total. The fourth-order valence-electron chi connectivity index (χ4n) is 4.14. The fourth-order valence-corrected chi connectivity index (χ4v) is 4.14. The van der Waals surface area contributed by atoms with E-state index in [2.05, 4.69) is 9.80 Å². The molecule has 2 aromatic carbocycles. The Morgan fingerprint density at radius 2 is 1.13 bits per heavy atom. The van der Waals surface area contributed by atoms with Crippen molar-refractivity contribution < 1.29 is 14.9 Å². The summed E-state index contributed by atoms with van der Waals surface area (Å²) in [4.78, 5) is 4.18. The van der Waals surface area contributed by atoms with E-state index < -0.39 is 0 Å². The standard InChI is InChI=1S/C32H34N4O3/c1-3-35(17-19-37)29-11-5-25(6-12-29)9-15-31-21-27(28(23-33)24-34)22-32(39-31)16-10-26-7-13-30(14-8-26)36(4-2)18-20-38/h5-16,21-22,37-38H,3-4,17-20H2,1-2H3/b15-9+,16-10+. The van der Waals surface area contributed by atoms with Gasteiger partial charge in [-0.1, -0.05) is 36.4 Å². The number of anilines is 2. The zero-order valence-corrected chi connectivity index (χ0v) is 22.4. The van der Waals surface area contributed by atoms with Crippen molar-refractivity contribution in [2.75, 3.05) is 49.2 Å². The molecule has 0 saturated carbocycles. The largest absolute Gasteiger partial charge is 0.457 e. The van der Waals surface area contributed by atoms with Crippen LogP contribution in [0, 0.1) is 22.7 Å². The second-order valence-electron chi connectivity index (χ2n) is 8.71. The van der Waals surface area contributed by atoms with E-state index in [-0.39, 0.29) is 18.8 Å². The Bertz CT molecular complexity index is 1240. The maximum atomic E-state index is 9.42. The molecule has 0 aliphatic carbocycles. The first-order chi connectivity index (χ1) is 19.0. The Balaban J connectivity index is 1.79. The number of allylic oxidation sites excluding steroid dienone is 6. The molecular weight excluding hydrogens is 488 g/mol. The van der Waals surface area contributed by atoms with Crippen molar-refractivity contribution in [1.82, 2.24) is 0 Å². The van der Waals surface area contributed by atoms with Crippen LogP contribution in [0.4, 0.5) is 11.4 Å². The van der Waals surface area contributed by atoms with Crippen molar-refractivity contribution in [3.05, 3.63) is 107 Å². The average Bonchev–Trinajstić information content (AvgIpc) is 2.98. The van der Waals surface area contributed by atoms with E-state index >= 15 is 0 Å². The Labute approximate surface area is 230 Å². The molecule has 1 aliphatic rings. The van der Waals surface area contributed by atoms with Crippen molar-refractivity contribution in [3.63, 3.8) is 0 Å². The number of nitriles is 2. The number of ether oxygens (including phenoxy) is 1. The second kappa shape index (κ2) is 15.0. The van der Waals surface area contributed by atoms with Crippen LogP contribution in [-0.4, -0.2) is 49.6 Å². The summed E-state index contributed by atoms with van der Waals surface area (Å²) in [5.74, 6) is 1.01. The summed E-state index contributed by atoms with van der Waals surface area (Å²) in [5.41, 5.74) is 4.49. The van der Waals surface area contributed by atoms with Crippen LogP contribution in [0.1, 0.15) is 25.0 Å². The van der Waals surface area contributed by atoms with Gasteiger partial charge in [-0.25, -0.2) is 0 Å². The van der Waals surface area contributed by atoms with Crippen LogP contribution in [-0.2, 0) is 4.74 Å². The number of hydrogen-bond donors (Lipinski definition) is 2. The van der Waals surface area contributed by atoms with E-state index in [9.17, 15) is 20.7 Å². The maximum absolute atomic E-state index is 9.42. The highest BCUT2D eigenvalue weighted by molar-refractivity contribution is 5.62. The molecule has 0 aromatic heterocycles. The zero-order chi connectivity index (χ0) is 28.0. The zero-order valence-electron chi connectivity index (χ0n) is 22.4. The van der Waals surface area contributed by atoms with Gasteiger partial charge >= 0.3 is 0 Å². The number of nitrogens with zero attached hydrogens (tertiary/aromatic N) is 4. The average molecular weight is 523 g/mol. The molecule has 200 valence electrons. The molecular formula is C32H34N4O3.